The Balaban J connectivity index is 1.77. The van der Waals surface area contributed by atoms with Gasteiger partial charge in [-0.05, 0) is 72.7 Å². The molecule has 3 aromatic rings. The lowest BCUT2D eigenvalue weighted by Gasteiger charge is -2.25. The molecule has 6 nitrogen and oxygen atoms in total. The Bertz CT molecular complexity index is 1590. The van der Waals surface area contributed by atoms with Crippen LogP contribution in [0.2, 0.25) is 0 Å². The van der Waals surface area contributed by atoms with E-state index in [1.54, 1.807) is 0 Å². The van der Waals surface area contributed by atoms with Gasteiger partial charge in [0.1, 0.15) is 6.54 Å². The maximum atomic E-state index is 11.5. The van der Waals surface area contributed by atoms with E-state index in [0.29, 0.717) is 13.0 Å². The fraction of sp³-hybridized carbons (Fsp3) is 0.562. The SMILES string of the molecule is CCCCCCN(CCCCCC)c1ccc(/C=C/c2cc[n+](CCCS(=O)(=O)O)c(/C=C/c3ccc(N(CCCCCC)CCCCCC)cc3)c2)cc1. The average molecular weight is 773 g/mol. The molecule has 1 aromatic heterocycles. The summed E-state index contributed by atoms with van der Waals surface area (Å²) in [6, 6.07) is 22.1. The molecule has 1 heterocycles. The molecule has 0 saturated heterocycles. The summed E-state index contributed by atoms with van der Waals surface area (Å²) in [6.07, 6.45) is 31.2. The highest BCUT2D eigenvalue weighted by molar-refractivity contribution is 7.85. The summed E-state index contributed by atoms with van der Waals surface area (Å²) in [5.74, 6) is -0.259. The minimum atomic E-state index is -4.01. The smallest absolute Gasteiger partial charge is 0.265 e. The fourth-order valence-electron chi connectivity index (χ4n) is 7.06. The molecule has 0 atom stereocenters. The van der Waals surface area contributed by atoms with E-state index in [0.717, 1.165) is 48.6 Å². The fourth-order valence-corrected chi connectivity index (χ4v) is 7.55. The number of anilines is 2. The molecule has 0 spiro atoms. The van der Waals surface area contributed by atoms with Crippen LogP contribution in [-0.2, 0) is 16.7 Å². The van der Waals surface area contributed by atoms with Crippen LogP contribution in [0.5, 0.6) is 0 Å². The first kappa shape index (κ1) is 46.0. The van der Waals surface area contributed by atoms with E-state index in [1.165, 1.54) is 114 Å². The maximum Gasteiger partial charge on any atom is 0.265 e. The molecule has 0 bridgehead atoms. The van der Waals surface area contributed by atoms with E-state index in [4.69, 9.17) is 0 Å². The Labute approximate surface area is 336 Å². The van der Waals surface area contributed by atoms with Crippen LogP contribution in [0.15, 0.2) is 66.9 Å². The van der Waals surface area contributed by atoms with Crippen LogP contribution in [-0.4, -0.2) is 44.9 Å². The zero-order valence-corrected chi connectivity index (χ0v) is 35.8. The van der Waals surface area contributed by atoms with Crippen molar-refractivity contribution in [1.82, 2.24) is 0 Å². The first-order valence-corrected chi connectivity index (χ1v) is 23.4. The molecular formula is C48H74N3O3S+. The number of nitrogens with zero attached hydrogens (tertiary/aromatic N) is 3. The Kier molecular flexibility index (Phi) is 22.8. The molecular weight excluding hydrogens is 699 g/mol. The zero-order chi connectivity index (χ0) is 39.6. The van der Waals surface area contributed by atoms with Gasteiger partial charge in [-0.15, -0.1) is 0 Å². The summed E-state index contributed by atoms with van der Waals surface area (Å²) in [4.78, 5) is 5.13. The maximum absolute atomic E-state index is 11.5. The van der Waals surface area contributed by atoms with Crippen molar-refractivity contribution in [1.29, 1.82) is 0 Å². The Morgan fingerprint density at radius 1 is 0.509 bits per heavy atom. The first-order valence-electron chi connectivity index (χ1n) is 21.8. The molecule has 0 aliphatic rings. The number of aryl methyl sites for hydroxylation is 1. The third-order valence-electron chi connectivity index (χ3n) is 10.5. The predicted octanol–water partition coefficient (Wildman–Crippen LogP) is 12.5. The number of hydrogen-bond donors (Lipinski definition) is 1. The summed E-state index contributed by atoms with van der Waals surface area (Å²) < 4.78 is 34.3. The second-order valence-corrected chi connectivity index (χ2v) is 16.9. The molecule has 0 saturated carbocycles. The summed E-state index contributed by atoms with van der Waals surface area (Å²) in [7, 11) is -4.01. The van der Waals surface area contributed by atoms with E-state index < -0.39 is 10.1 Å². The van der Waals surface area contributed by atoms with Crippen LogP contribution in [0.4, 0.5) is 11.4 Å². The van der Waals surface area contributed by atoms with Crippen LogP contribution < -0.4 is 14.4 Å². The van der Waals surface area contributed by atoms with Gasteiger partial charge in [-0.1, -0.05) is 141 Å². The molecule has 0 fully saturated rings. The molecule has 0 unspecified atom stereocenters. The quantitative estimate of drug-likeness (QED) is 0.0415. The van der Waals surface area contributed by atoms with E-state index >= 15 is 0 Å². The number of benzene rings is 2. The summed E-state index contributed by atoms with van der Waals surface area (Å²) in [5.41, 5.74) is 6.93. The lowest BCUT2D eigenvalue weighted by atomic mass is 10.1. The van der Waals surface area contributed by atoms with Gasteiger partial charge in [0.25, 0.3) is 10.1 Å². The molecule has 0 aliphatic heterocycles. The number of pyridine rings is 1. The number of aromatic nitrogens is 1. The van der Waals surface area contributed by atoms with Crippen molar-refractivity contribution < 1.29 is 17.5 Å². The molecule has 0 aliphatic carbocycles. The van der Waals surface area contributed by atoms with Gasteiger partial charge in [0.05, 0.1) is 5.75 Å². The van der Waals surface area contributed by atoms with Crippen molar-refractivity contribution in [2.24, 2.45) is 0 Å². The summed E-state index contributed by atoms with van der Waals surface area (Å²) in [5, 5.41) is 0. The Hall–Kier alpha value is -3.42. The topological polar surface area (TPSA) is 64.7 Å². The van der Waals surface area contributed by atoms with Crippen molar-refractivity contribution in [2.75, 3.05) is 41.7 Å². The van der Waals surface area contributed by atoms with Crippen molar-refractivity contribution in [3.05, 3.63) is 89.2 Å². The van der Waals surface area contributed by atoms with Gasteiger partial charge < -0.3 is 9.80 Å². The van der Waals surface area contributed by atoms with Crippen molar-refractivity contribution in [3.8, 4) is 0 Å². The monoisotopic (exact) mass is 773 g/mol. The van der Waals surface area contributed by atoms with Crippen LogP contribution >= 0.6 is 0 Å². The van der Waals surface area contributed by atoms with E-state index in [-0.39, 0.29) is 5.75 Å². The number of hydrogen-bond acceptors (Lipinski definition) is 4. The van der Waals surface area contributed by atoms with E-state index in [2.05, 4.69) is 127 Å². The molecule has 0 amide bonds. The molecule has 304 valence electrons. The summed E-state index contributed by atoms with van der Waals surface area (Å²) >= 11 is 0. The zero-order valence-electron chi connectivity index (χ0n) is 34.9. The van der Waals surface area contributed by atoms with Gasteiger partial charge in [0.2, 0.25) is 5.69 Å². The highest BCUT2D eigenvalue weighted by atomic mass is 32.2. The molecule has 7 heteroatoms. The van der Waals surface area contributed by atoms with Crippen LogP contribution in [0.3, 0.4) is 0 Å². The first-order chi connectivity index (χ1) is 26.8. The van der Waals surface area contributed by atoms with Crippen LogP contribution in [0.25, 0.3) is 24.3 Å². The van der Waals surface area contributed by atoms with Gasteiger partial charge in [-0.3, -0.25) is 4.55 Å². The molecule has 3 rings (SSSR count). The molecule has 55 heavy (non-hydrogen) atoms. The van der Waals surface area contributed by atoms with Crippen molar-refractivity contribution >= 4 is 45.8 Å². The van der Waals surface area contributed by atoms with Gasteiger partial charge in [0, 0.05) is 62.2 Å². The second kappa shape index (κ2) is 27.2. The number of rotatable bonds is 30. The molecule has 2 aromatic carbocycles. The van der Waals surface area contributed by atoms with Crippen LogP contribution in [0.1, 0.15) is 159 Å². The normalized spacial score (nSPS) is 11.9. The van der Waals surface area contributed by atoms with Crippen LogP contribution in [0, 0.1) is 0 Å². The second-order valence-electron chi connectivity index (χ2n) is 15.3. The highest BCUT2D eigenvalue weighted by Gasteiger charge is 2.13. The Morgan fingerprint density at radius 3 is 1.31 bits per heavy atom. The standard InChI is InChI=1S/C48H73N3O3S/c1-5-9-13-17-35-49(36-18-14-10-6-2)46-29-24-43(25-30-46)22-23-45-34-40-51(39-21-41-55(52,53)54)48(42-45)33-28-44-26-31-47(32-27-44)50(37-19-15-11-7-3)38-20-16-12-8-4/h22-34,40,42H,5-21,35-39,41H2,1-4H3/p+1. The van der Waals surface area contributed by atoms with Gasteiger partial charge >= 0.3 is 0 Å². The van der Waals surface area contributed by atoms with E-state index in [1.807, 2.05) is 6.20 Å². The molecule has 1 N–H and O–H groups in total. The average Bonchev–Trinajstić information content (AvgIpc) is 3.18. The number of unbranched alkanes of at least 4 members (excludes halogenated alkanes) is 12. The largest absolute Gasteiger partial charge is 0.372 e. The lowest BCUT2D eigenvalue weighted by Crippen LogP contribution is -2.37. The van der Waals surface area contributed by atoms with Crippen molar-refractivity contribution in [2.45, 2.75) is 143 Å². The highest BCUT2D eigenvalue weighted by Crippen LogP contribution is 2.21. The van der Waals surface area contributed by atoms with Crippen molar-refractivity contribution in [3.63, 3.8) is 0 Å². The van der Waals surface area contributed by atoms with Gasteiger partial charge in [-0.2, -0.15) is 13.0 Å². The lowest BCUT2D eigenvalue weighted by molar-refractivity contribution is -0.698. The minimum absolute atomic E-state index is 0.259. The molecule has 0 radical (unpaired) electrons. The predicted molar refractivity (Wildman–Crippen MR) is 239 cm³/mol. The third kappa shape index (κ3) is 19.3. The third-order valence-corrected chi connectivity index (χ3v) is 11.3. The minimum Gasteiger partial charge on any atom is -0.372 e. The van der Waals surface area contributed by atoms with Gasteiger partial charge in [0.15, 0.2) is 6.20 Å². The van der Waals surface area contributed by atoms with Gasteiger partial charge in [-0.25, -0.2) is 0 Å². The van der Waals surface area contributed by atoms with E-state index in [9.17, 15) is 13.0 Å². The summed E-state index contributed by atoms with van der Waals surface area (Å²) in [6.45, 7) is 14.0. The Morgan fingerprint density at radius 2 is 0.909 bits per heavy atom.